The number of carbonyl (C=O) groups is 4. The monoisotopic (exact) mass is 232 g/mol. The van der Waals surface area contributed by atoms with Gasteiger partial charge in [0.1, 0.15) is 12.5 Å². The summed E-state index contributed by atoms with van der Waals surface area (Å²) in [5.41, 5.74) is 9.98. The predicted octanol–water partition coefficient (Wildman–Crippen LogP) is -2.07. The van der Waals surface area contributed by atoms with E-state index in [-0.39, 0.29) is 0 Å². The zero-order valence-electron chi connectivity index (χ0n) is 8.25. The van der Waals surface area contributed by atoms with Crippen LogP contribution in [-0.2, 0) is 19.2 Å². The summed E-state index contributed by atoms with van der Waals surface area (Å²) in [6.07, 6.45) is -1.39. The number of ketones is 1. The van der Waals surface area contributed by atoms with Gasteiger partial charge in [-0.3, -0.25) is 19.2 Å². The Kier molecular flexibility index (Phi) is 5.10. The lowest BCUT2D eigenvalue weighted by Gasteiger charge is -2.13. The maximum atomic E-state index is 11.2. The number of carboxylic acids is 2. The average molecular weight is 232 g/mol. The second-order valence-electron chi connectivity index (χ2n) is 3.17. The van der Waals surface area contributed by atoms with Gasteiger partial charge in [-0.2, -0.15) is 0 Å². The minimum Gasteiger partial charge on any atom is -0.481 e. The van der Waals surface area contributed by atoms with Crippen molar-refractivity contribution in [3.63, 3.8) is 0 Å². The molecule has 6 N–H and O–H groups in total. The number of Topliss-reactive ketones (excluding diaryl/α,β-unsaturated/α-hetero) is 1. The molecule has 0 heterocycles. The molecule has 0 bridgehead atoms. The molecule has 0 saturated heterocycles. The highest BCUT2D eigenvalue weighted by atomic mass is 16.4. The van der Waals surface area contributed by atoms with Crippen LogP contribution in [0.1, 0.15) is 12.8 Å². The van der Waals surface area contributed by atoms with Crippen LogP contribution in [0.4, 0.5) is 0 Å². The van der Waals surface area contributed by atoms with E-state index in [2.05, 4.69) is 0 Å². The molecule has 0 fully saturated rings. The molecule has 0 aliphatic heterocycles. The van der Waals surface area contributed by atoms with Gasteiger partial charge in [-0.25, -0.2) is 0 Å². The first-order valence-corrected chi connectivity index (χ1v) is 4.28. The molecule has 0 radical (unpaired) electrons. The van der Waals surface area contributed by atoms with Crippen molar-refractivity contribution in [2.45, 2.75) is 18.9 Å². The van der Waals surface area contributed by atoms with Gasteiger partial charge in [0.15, 0.2) is 5.78 Å². The van der Waals surface area contributed by atoms with Gasteiger partial charge in [-0.15, -0.1) is 0 Å². The summed E-state index contributed by atoms with van der Waals surface area (Å²) in [5, 5.41) is 16.8. The lowest BCUT2D eigenvalue weighted by molar-refractivity contribution is -0.142. The molecule has 1 amide bonds. The number of hydrogen-bond acceptors (Lipinski definition) is 5. The molecule has 8 heteroatoms. The third-order valence-corrected chi connectivity index (χ3v) is 1.86. The minimum atomic E-state index is -1.48. The average Bonchev–Trinajstić information content (AvgIpc) is 2.11. The molecule has 0 rings (SSSR count). The van der Waals surface area contributed by atoms with E-state index in [0.717, 1.165) is 0 Å². The molecule has 0 aromatic heterocycles. The Morgan fingerprint density at radius 1 is 1.12 bits per heavy atom. The lowest BCUT2D eigenvalue weighted by atomic mass is 9.93. The number of hydrogen-bond donors (Lipinski definition) is 4. The highest BCUT2D eigenvalue weighted by molar-refractivity contribution is 6.07. The van der Waals surface area contributed by atoms with Crippen molar-refractivity contribution in [1.82, 2.24) is 0 Å². The third kappa shape index (κ3) is 4.51. The molecule has 0 aromatic carbocycles. The van der Waals surface area contributed by atoms with Crippen LogP contribution in [0.25, 0.3) is 0 Å². The molecular formula is C8H12N2O6. The van der Waals surface area contributed by atoms with Gasteiger partial charge in [0, 0.05) is 0 Å². The maximum Gasteiger partial charge on any atom is 0.320 e. The Hall–Kier alpha value is -1.96. The quantitative estimate of drug-likeness (QED) is 0.366. The van der Waals surface area contributed by atoms with Gasteiger partial charge in [0.05, 0.1) is 5.92 Å². The van der Waals surface area contributed by atoms with Crippen LogP contribution in [0.3, 0.4) is 0 Å². The summed E-state index contributed by atoms with van der Waals surface area (Å²) < 4.78 is 0. The normalized spacial score (nSPS) is 13.8. The highest BCUT2D eigenvalue weighted by Crippen LogP contribution is 2.09. The standard InChI is InChI=1S/C8H12N2O6/c9-4(8(15)16)1-3(7(10)14)5(11)2-6(12)13/h3-4H,1-2,9H2,(H2,10,14)(H,12,13)(H,15,16)/t3?,4-/m0/s1. The molecule has 16 heavy (non-hydrogen) atoms. The molecule has 0 spiro atoms. The molecule has 0 aliphatic rings. The molecule has 90 valence electrons. The smallest absolute Gasteiger partial charge is 0.320 e. The molecule has 8 nitrogen and oxygen atoms in total. The molecule has 0 aliphatic carbocycles. The minimum absolute atomic E-state index is 0.503. The van der Waals surface area contributed by atoms with Crippen LogP contribution in [-0.4, -0.2) is 39.9 Å². The number of carbonyl (C=O) groups excluding carboxylic acids is 2. The van der Waals surface area contributed by atoms with Crippen LogP contribution < -0.4 is 11.5 Å². The largest absolute Gasteiger partial charge is 0.481 e. The van der Waals surface area contributed by atoms with Crippen molar-refractivity contribution in [3.8, 4) is 0 Å². The molecule has 0 aromatic rings. The van der Waals surface area contributed by atoms with E-state index in [9.17, 15) is 19.2 Å². The van der Waals surface area contributed by atoms with Gasteiger partial charge >= 0.3 is 11.9 Å². The number of rotatable bonds is 7. The van der Waals surface area contributed by atoms with Crippen molar-refractivity contribution in [3.05, 3.63) is 0 Å². The molecule has 2 atom stereocenters. The number of primary amides is 1. The van der Waals surface area contributed by atoms with E-state index < -0.39 is 48.4 Å². The topological polar surface area (TPSA) is 161 Å². The summed E-state index contributed by atoms with van der Waals surface area (Å²) in [6, 6.07) is -1.43. The Bertz CT molecular complexity index is 326. The van der Waals surface area contributed by atoms with Gasteiger partial charge in [-0.1, -0.05) is 0 Å². The van der Waals surface area contributed by atoms with Crippen LogP contribution in [0, 0.1) is 5.92 Å². The zero-order chi connectivity index (χ0) is 12.9. The van der Waals surface area contributed by atoms with Crippen molar-refractivity contribution >= 4 is 23.6 Å². The summed E-state index contributed by atoms with van der Waals surface area (Å²) in [6.45, 7) is 0. The van der Waals surface area contributed by atoms with Gasteiger partial charge < -0.3 is 21.7 Å². The van der Waals surface area contributed by atoms with Crippen molar-refractivity contribution in [1.29, 1.82) is 0 Å². The number of nitrogens with two attached hydrogens (primary N) is 2. The predicted molar refractivity (Wildman–Crippen MR) is 50.2 cm³/mol. The van der Waals surface area contributed by atoms with Crippen molar-refractivity contribution in [2.24, 2.45) is 17.4 Å². The second-order valence-corrected chi connectivity index (χ2v) is 3.17. The Labute approximate surface area is 90.2 Å². The first-order valence-electron chi connectivity index (χ1n) is 4.28. The van der Waals surface area contributed by atoms with Gasteiger partial charge in [0.25, 0.3) is 0 Å². The third-order valence-electron chi connectivity index (χ3n) is 1.86. The SMILES string of the molecule is NC(=O)C(C[C@H](N)C(=O)O)C(=O)CC(=O)O. The van der Waals surface area contributed by atoms with Gasteiger partial charge in [-0.05, 0) is 6.42 Å². The first kappa shape index (κ1) is 14.0. The van der Waals surface area contributed by atoms with Crippen LogP contribution in [0.5, 0.6) is 0 Å². The van der Waals surface area contributed by atoms with Crippen LogP contribution in [0.2, 0.25) is 0 Å². The molecule has 0 saturated carbocycles. The van der Waals surface area contributed by atoms with E-state index in [4.69, 9.17) is 21.7 Å². The van der Waals surface area contributed by atoms with E-state index in [1.165, 1.54) is 0 Å². The van der Waals surface area contributed by atoms with Crippen LogP contribution in [0.15, 0.2) is 0 Å². The summed E-state index contributed by atoms with van der Waals surface area (Å²) in [5.74, 6) is -6.32. The van der Waals surface area contributed by atoms with Gasteiger partial charge in [0.2, 0.25) is 5.91 Å². The number of aliphatic carboxylic acids is 2. The van der Waals surface area contributed by atoms with Crippen molar-refractivity contribution in [2.75, 3.05) is 0 Å². The van der Waals surface area contributed by atoms with E-state index in [1.807, 2.05) is 0 Å². The zero-order valence-corrected chi connectivity index (χ0v) is 8.25. The molecule has 1 unspecified atom stereocenters. The Morgan fingerprint density at radius 3 is 1.94 bits per heavy atom. The fraction of sp³-hybridized carbons (Fsp3) is 0.500. The summed E-state index contributed by atoms with van der Waals surface area (Å²) in [7, 11) is 0. The lowest BCUT2D eigenvalue weighted by Crippen LogP contribution is -2.40. The van der Waals surface area contributed by atoms with Crippen molar-refractivity contribution < 1.29 is 29.4 Å². The Morgan fingerprint density at radius 2 is 1.62 bits per heavy atom. The fourth-order valence-corrected chi connectivity index (χ4v) is 1.03. The Balaban J connectivity index is 4.62. The van der Waals surface area contributed by atoms with E-state index in [1.54, 1.807) is 0 Å². The highest BCUT2D eigenvalue weighted by Gasteiger charge is 2.30. The number of carboxylic acid groups (broad SMARTS) is 2. The molecular weight excluding hydrogens is 220 g/mol. The number of amides is 1. The second kappa shape index (κ2) is 5.81. The fourth-order valence-electron chi connectivity index (χ4n) is 1.03. The summed E-state index contributed by atoms with van der Waals surface area (Å²) in [4.78, 5) is 42.7. The van der Waals surface area contributed by atoms with Crippen LogP contribution >= 0.6 is 0 Å². The summed E-state index contributed by atoms with van der Waals surface area (Å²) >= 11 is 0. The van der Waals surface area contributed by atoms with E-state index in [0.29, 0.717) is 0 Å². The first-order chi connectivity index (χ1) is 7.25. The van der Waals surface area contributed by atoms with E-state index >= 15 is 0 Å². The maximum absolute atomic E-state index is 11.2.